The van der Waals surface area contributed by atoms with Gasteiger partial charge in [-0.3, -0.25) is 19.3 Å². The first-order valence-corrected chi connectivity index (χ1v) is 11.8. The molecule has 3 amide bonds. The smallest absolute Gasteiger partial charge is 0.287 e. The number of nitrogens with zero attached hydrogens (tertiary/aromatic N) is 1. The highest BCUT2D eigenvalue weighted by molar-refractivity contribution is 6.30. The van der Waals surface area contributed by atoms with Crippen LogP contribution in [0.3, 0.4) is 0 Å². The highest BCUT2D eigenvalue weighted by atomic mass is 35.5. The van der Waals surface area contributed by atoms with Crippen molar-refractivity contribution in [3.05, 3.63) is 89.1 Å². The molecule has 0 aliphatic heterocycles. The van der Waals surface area contributed by atoms with Crippen molar-refractivity contribution in [2.24, 2.45) is 0 Å². The SMILES string of the molecule is O=C(NCC(=O)N(c1cccc(F)c1)[C@H](C(=O)NC1CCCC1)c1ccc(Cl)cc1)c1ccco1. The Hall–Kier alpha value is -3.65. The first-order valence-electron chi connectivity index (χ1n) is 11.4. The lowest BCUT2D eigenvalue weighted by atomic mass is 10.0. The van der Waals surface area contributed by atoms with Crippen LogP contribution in [0.2, 0.25) is 5.02 Å². The Morgan fingerprint density at radius 1 is 1.06 bits per heavy atom. The van der Waals surface area contributed by atoms with E-state index < -0.39 is 36.1 Å². The lowest BCUT2D eigenvalue weighted by Gasteiger charge is -2.32. The van der Waals surface area contributed by atoms with Gasteiger partial charge >= 0.3 is 0 Å². The average molecular weight is 498 g/mol. The summed E-state index contributed by atoms with van der Waals surface area (Å²) in [6.07, 6.45) is 5.09. The fraction of sp³-hybridized carbons (Fsp3) is 0.269. The minimum Gasteiger partial charge on any atom is -0.459 e. The Morgan fingerprint density at radius 2 is 1.80 bits per heavy atom. The van der Waals surface area contributed by atoms with Crippen LogP contribution >= 0.6 is 11.6 Å². The average Bonchev–Trinajstić information content (AvgIpc) is 3.56. The zero-order valence-electron chi connectivity index (χ0n) is 18.9. The second-order valence-corrected chi connectivity index (χ2v) is 8.78. The molecule has 7 nitrogen and oxygen atoms in total. The van der Waals surface area contributed by atoms with Gasteiger partial charge in [0.05, 0.1) is 12.8 Å². The van der Waals surface area contributed by atoms with Crippen molar-refractivity contribution in [1.82, 2.24) is 10.6 Å². The Kier molecular flexibility index (Phi) is 7.82. The molecule has 0 unspecified atom stereocenters. The molecule has 3 aromatic rings. The number of anilines is 1. The maximum absolute atomic E-state index is 14.2. The zero-order chi connectivity index (χ0) is 24.8. The molecule has 1 fully saturated rings. The summed E-state index contributed by atoms with van der Waals surface area (Å²) >= 11 is 6.06. The number of carbonyl (C=O) groups is 3. The Balaban J connectivity index is 1.68. The summed E-state index contributed by atoms with van der Waals surface area (Å²) in [6.45, 7) is -0.434. The number of halogens is 2. The van der Waals surface area contributed by atoms with Crippen LogP contribution < -0.4 is 15.5 Å². The molecule has 1 aromatic heterocycles. The molecule has 1 heterocycles. The Labute approximate surface area is 207 Å². The van der Waals surface area contributed by atoms with E-state index in [9.17, 15) is 18.8 Å². The molecule has 0 bridgehead atoms. The van der Waals surface area contributed by atoms with Crippen LogP contribution in [0.1, 0.15) is 47.8 Å². The van der Waals surface area contributed by atoms with E-state index in [2.05, 4.69) is 10.6 Å². The molecule has 9 heteroatoms. The predicted molar refractivity (Wildman–Crippen MR) is 130 cm³/mol. The summed E-state index contributed by atoms with van der Waals surface area (Å²) in [4.78, 5) is 40.6. The molecule has 1 aliphatic carbocycles. The highest BCUT2D eigenvalue weighted by Gasteiger charge is 2.34. The standard InChI is InChI=1S/C26H25ClFN3O4/c27-18-12-10-17(11-13-18)24(26(34)30-20-6-1-2-7-20)31(21-8-3-5-19(28)15-21)23(32)16-29-25(33)22-9-4-14-35-22/h3-5,8-15,20,24H,1-2,6-7,16H2,(H,29,33)(H,30,34)/t24-/m0/s1. The van der Waals surface area contributed by atoms with Crippen molar-refractivity contribution in [1.29, 1.82) is 0 Å². The maximum Gasteiger partial charge on any atom is 0.287 e. The van der Waals surface area contributed by atoms with Crippen LogP contribution in [0.25, 0.3) is 0 Å². The normalized spacial score (nSPS) is 14.3. The number of nitrogens with one attached hydrogen (secondary N) is 2. The first-order chi connectivity index (χ1) is 16.9. The van der Waals surface area contributed by atoms with E-state index in [1.807, 2.05) is 0 Å². The number of furan rings is 1. The first kappa shape index (κ1) is 24.5. The van der Waals surface area contributed by atoms with Crippen LogP contribution in [0.4, 0.5) is 10.1 Å². The van der Waals surface area contributed by atoms with Crippen LogP contribution in [0.5, 0.6) is 0 Å². The molecule has 4 rings (SSSR count). The number of rotatable bonds is 8. The topological polar surface area (TPSA) is 91.7 Å². The van der Waals surface area contributed by atoms with Gasteiger partial charge in [-0.15, -0.1) is 0 Å². The Bertz CT molecular complexity index is 1180. The fourth-order valence-electron chi connectivity index (χ4n) is 4.21. The lowest BCUT2D eigenvalue weighted by Crippen LogP contribution is -2.49. The van der Waals surface area contributed by atoms with Gasteiger partial charge in [0, 0.05) is 16.8 Å². The molecule has 2 N–H and O–H groups in total. The van der Waals surface area contributed by atoms with E-state index in [-0.39, 0.29) is 17.5 Å². The lowest BCUT2D eigenvalue weighted by molar-refractivity contribution is -0.126. The molecule has 2 aromatic carbocycles. The molecule has 1 saturated carbocycles. The van der Waals surface area contributed by atoms with E-state index >= 15 is 0 Å². The quantitative estimate of drug-likeness (QED) is 0.474. The molecular weight excluding hydrogens is 473 g/mol. The minimum atomic E-state index is -1.11. The minimum absolute atomic E-state index is 0.000386. The van der Waals surface area contributed by atoms with Crippen LogP contribution in [-0.4, -0.2) is 30.3 Å². The van der Waals surface area contributed by atoms with Crippen molar-refractivity contribution >= 4 is 35.0 Å². The van der Waals surface area contributed by atoms with Gasteiger partial charge in [-0.2, -0.15) is 0 Å². The van der Waals surface area contributed by atoms with E-state index in [1.54, 1.807) is 36.4 Å². The summed E-state index contributed by atoms with van der Waals surface area (Å²) in [6, 6.07) is 13.9. The van der Waals surface area contributed by atoms with Crippen LogP contribution in [-0.2, 0) is 9.59 Å². The second kappa shape index (κ2) is 11.2. The van der Waals surface area contributed by atoms with E-state index in [0.29, 0.717) is 10.6 Å². The third-order valence-electron chi connectivity index (χ3n) is 5.89. The monoisotopic (exact) mass is 497 g/mol. The maximum atomic E-state index is 14.2. The molecular formula is C26H25ClFN3O4. The van der Waals surface area contributed by atoms with Crippen LogP contribution in [0.15, 0.2) is 71.3 Å². The molecule has 35 heavy (non-hydrogen) atoms. The molecule has 1 atom stereocenters. The number of hydrogen-bond acceptors (Lipinski definition) is 4. The molecule has 0 saturated heterocycles. The predicted octanol–water partition coefficient (Wildman–Crippen LogP) is 4.64. The van der Waals surface area contributed by atoms with Gasteiger partial charge in [0.1, 0.15) is 11.9 Å². The number of hydrogen-bond donors (Lipinski definition) is 2. The molecule has 182 valence electrons. The second-order valence-electron chi connectivity index (χ2n) is 8.35. The van der Waals surface area contributed by atoms with Crippen molar-refractivity contribution in [3.8, 4) is 0 Å². The Morgan fingerprint density at radius 3 is 2.46 bits per heavy atom. The summed E-state index contributed by atoms with van der Waals surface area (Å²) in [5, 5.41) is 6.01. The number of amides is 3. The van der Waals surface area contributed by atoms with E-state index in [0.717, 1.165) is 25.7 Å². The molecule has 0 radical (unpaired) electrons. The van der Waals surface area contributed by atoms with Crippen LogP contribution in [0, 0.1) is 5.82 Å². The fourth-order valence-corrected chi connectivity index (χ4v) is 4.34. The van der Waals surface area contributed by atoms with Gasteiger partial charge < -0.3 is 15.1 Å². The largest absolute Gasteiger partial charge is 0.459 e. The third kappa shape index (κ3) is 6.08. The third-order valence-corrected chi connectivity index (χ3v) is 6.15. The number of carbonyl (C=O) groups excluding carboxylic acids is 3. The summed E-state index contributed by atoms with van der Waals surface area (Å²) in [5.41, 5.74) is 0.684. The van der Waals surface area contributed by atoms with Gasteiger partial charge in [0.2, 0.25) is 11.8 Å². The van der Waals surface area contributed by atoms with E-state index in [4.69, 9.17) is 16.0 Å². The van der Waals surface area contributed by atoms with Gasteiger partial charge in [-0.05, 0) is 60.9 Å². The highest BCUT2D eigenvalue weighted by Crippen LogP contribution is 2.30. The summed E-state index contributed by atoms with van der Waals surface area (Å²) in [7, 11) is 0. The van der Waals surface area contributed by atoms with Crippen molar-refractivity contribution in [3.63, 3.8) is 0 Å². The van der Waals surface area contributed by atoms with Crippen molar-refractivity contribution in [2.75, 3.05) is 11.4 Å². The van der Waals surface area contributed by atoms with Crippen molar-refractivity contribution in [2.45, 2.75) is 37.8 Å². The summed E-state index contributed by atoms with van der Waals surface area (Å²) in [5.74, 6) is -2.10. The van der Waals surface area contributed by atoms with Gasteiger partial charge in [0.15, 0.2) is 5.76 Å². The van der Waals surface area contributed by atoms with Gasteiger partial charge in [0.25, 0.3) is 5.91 Å². The molecule has 1 aliphatic rings. The van der Waals surface area contributed by atoms with Crippen molar-refractivity contribution < 1.29 is 23.2 Å². The number of benzene rings is 2. The molecule has 0 spiro atoms. The van der Waals surface area contributed by atoms with E-state index in [1.165, 1.54) is 35.4 Å². The van der Waals surface area contributed by atoms with Gasteiger partial charge in [-0.1, -0.05) is 42.6 Å². The summed E-state index contributed by atoms with van der Waals surface area (Å²) < 4.78 is 19.3. The zero-order valence-corrected chi connectivity index (χ0v) is 19.6. The van der Waals surface area contributed by atoms with Gasteiger partial charge in [-0.25, -0.2) is 4.39 Å².